The summed E-state index contributed by atoms with van der Waals surface area (Å²) in [6, 6.07) is 1.01. The van der Waals surface area contributed by atoms with Crippen LogP contribution in [0.2, 0.25) is 0 Å². The summed E-state index contributed by atoms with van der Waals surface area (Å²) in [7, 11) is 2.12. The van der Waals surface area contributed by atoms with Crippen LogP contribution in [0.25, 0.3) is 0 Å². The molecule has 2 unspecified atom stereocenters. The summed E-state index contributed by atoms with van der Waals surface area (Å²) in [6.07, 6.45) is 1.16. The van der Waals surface area contributed by atoms with Crippen LogP contribution in [0.15, 0.2) is 0 Å². The lowest BCUT2D eigenvalue weighted by molar-refractivity contribution is 0.318. The molecule has 0 saturated carbocycles. The second-order valence-electron chi connectivity index (χ2n) is 2.67. The molecule has 0 bridgehead atoms. The van der Waals surface area contributed by atoms with Crippen LogP contribution in [0.4, 0.5) is 0 Å². The van der Waals surface area contributed by atoms with Crippen molar-refractivity contribution >= 4 is 0 Å². The molecule has 1 fully saturated rings. The first kappa shape index (κ1) is 6.05. The van der Waals surface area contributed by atoms with Gasteiger partial charge >= 0.3 is 0 Å². The Kier molecular flexibility index (Phi) is 1.54. The number of rotatable bonds is 0. The predicted molar refractivity (Wildman–Crippen MR) is 34.7 cm³/mol. The van der Waals surface area contributed by atoms with Crippen molar-refractivity contribution in [3.8, 4) is 0 Å². The second-order valence-corrected chi connectivity index (χ2v) is 2.67. The van der Waals surface area contributed by atoms with Crippen molar-refractivity contribution in [1.82, 2.24) is 4.90 Å². The monoisotopic (exact) mass is 114 g/mol. The van der Waals surface area contributed by atoms with E-state index < -0.39 is 0 Å². The summed E-state index contributed by atoms with van der Waals surface area (Å²) < 4.78 is 0. The average Bonchev–Trinajstić information content (AvgIpc) is 1.98. The number of likely N-dealkylation sites (tertiary alicyclic amines) is 1. The molecule has 48 valence electrons. The van der Waals surface area contributed by atoms with Gasteiger partial charge in [0.1, 0.15) is 0 Å². The molecule has 2 nitrogen and oxygen atoms in total. The van der Waals surface area contributed by atoms with Gasteiger partial charge in [-0.2, -0.15) is 0 Å². The van der Waals surface area contributed by atoms with Crippen LogP contribution >= 0.6 is 0 Å². The predicted octanol–water partition coefficient (Wildman–Crippen LogP) is 0.0377. The van der Waals surface area contributed by atoms with E-state index in [-0.39, 0.29) is 0 Å². The third-order valence-electron chi connectivity index (χ3n) is 2.13. The molecule has 0 aromatic rings. The van der Waals surface area contributed by atoms with Gasteiger partial charge in [-0.05, 0) is 26.9 Å². The molecule has 0 aromatic carbocycles. The molecule has 0 radical (unpaired) electrons. The lowest BCUT2D eigenvalue weighted by Crippen LogP contribution is -2.34. The van der Waals surface area contributed by atoms with E-state index in [2.05, 4.69) is 18.9 Å². The Labute approximate surface area is 50.7 Å². The number of likely N-dealkylation sites (N-methyl/N-ethyl adjacent to an activating group) is 1. The minimum atomic E-state index is 0.417. The molecule has 1 aliphatic rings. The minimum absolute atomic E-state index is 0.417. The van der Waals surface area contributed by atoms with Crippen molar-refractivity contribution in [2.24, 2.45) is 5.73 Å². The van der Waals surface area contributed by atoms with Gasteiger partial charge < -0.3 is 10.6 Å². The van der Waals surface area contributed by atoms with E-state index in [1.807, 2.05) is 0 Å². The molecule has 1 rings (SSSR count). The molecule has 0 spiro atoms. The zero-order valence-corrected chi connectivity index (χ0v) is 5.59. The fourth-order valence-electron chi connectivity index (χ4n) is 1.12. The van der Waals surface area contributed by atoms with Gasteiger partial charge in [0.25, 0.3) is 0 Å². The van der Waals surface area contributed by atoms with Crippen molar-refractivity contribution in [2.45, 2.75) is 25.4 Å². The van der Waals surface area contributed by atoms with Gasteiger partial charge in [0.2, 0.25) is 0 Å². The van der Waals surface area contributed by atoms with Crippen LogP contribution in [-0.4, -0.2) is 30.6 Å². The molecular formula is C6H14N2. The fraction of sp³-hybridized carbons (Fsp3) is 1.00. The maximum Gasteiger partial charge on any atom is 0.0216 e. The quantitative estimate of drug-likeness (QED) is 0.481. The highest BCUT2D eigenvalue weighted by Crippen LogP contribution is 2.11. The summed E-state index contributed by atoms with van der Waals surface area (Å²) in [5.74, 6) is 0. The number of nitrogens with two attached hydrogens (primary N) is 1. The van der Waals surface area contributed by atoms with Crippen LogP contribution in [0.1, 0.15) is 13.3 Å². The lowest BCUT2D eigenvalue weighted by Gasteiger charge is -2.16. The van der Waals surface area contributed by atoms with Crippen LogP contribution < -0.4 is 5.73 Å². The molecule has 0 aromatic heterocycles. The first-order valence-electron chi connectivity index (χ1n) is 3.17. The van der Waals surface area contributed by atoms with Gasteiger partial charge in [-0.1, -0.05) is 0 Å². The van der Waals surface area contributed by atoms with E-state index in [1.165, 1.54) is 6.54 Å². The van der Waals surface area contributed by atoms with E-state index in [9.17, 15) is 0 Å². The Balaban J connectivity index is 2.44. The molecule has 2 heteroatoms. The molecular weight excluding hydrogens is 100 g/mol. The highest BCUT2D eigenvalue weighted by Gasteiger charge is 2.23. The van der Waals surface area contributed by atoms with E-state index in [1.54, 1.807) is 0 Å². The van der Waals surface area contributed by atoms with Crippen LogP contribution in [-0.2, 0) is 0 Å². The summed E-state index contributed by atoms with van der Waals surface area (Å²) >= 11 is 0. The standard InChI is InChI=1S/C6H14N2/c1-5-6(7)3-4-8(5)2/h5-6H,3-4,7H2,1-2H3. The number of hydrogen-bond acceptors (Lipinski definition) is 2. The largest absolute Gasteiger partial charge is 0.326 e. The third kappa shape index (κ3) is 0.858. The summed E-state index contributed by atoms with van der Waals surface area (Å²) in [6.45, 7) is 3.35. The van der Waals surface area contributed by atoms with Gasteiger partial charge in [0, 0.05) is 12.1 Å². The van der Waals surface area contributed by atoms with Gasteiger partial charge in [-0.25, -0.2) is 0 Å². The zero-order valence-electron chi connectivity index (χ0n) is 5.59. The first-order valence-corrected chi connectivity index (χ1v) is 3.17. The summed E-state index contributed by atoms with van der Waals surface area (Å²) in [5, 5.41) is 0. The van der Waals surface area contributed by atoms with E-state index in [0.717, 1.165) is 6.42 Å². The zero-order chi connectivity index (χ0) is 6.15. The van der Waals surface area contributed by atoms with Crippen molar-refractivity contribution in [3.05, 3.63) is 0 Å². The van der Waals surface area contributed by atoms with Gasteiger partial charge in [-0.3, -0.25) is 0 Å². The summed E-state index contributed by atoms with van der Waals surface area (Å²) in [5.41, 5.74) is 5.73. The molecule has 0 aliphatic carbocycles. The van der Waals surface area contributed by atoms with Crippen LogP contribution in [0, 0.1) is 0 Å². The Morgan fingerprint density at radius 1 is 1.62 bits per heavy atom. The van der Waals surface area contributed by atoms with E-state index in [0.29, 0.717) is 12.1 Å². The third-order valence-corrected chi connectivity index (χ3v) is 2.13. The maximum absolute atomic E-state index is 5.73. The van der Waals surface area contributed by atoms with Crippen molar-refractivity contribution in [1.29, 1.82) is 0 Å². The van der Waals surface area contributed by atoms with E-state index in [4.69, 9.17) is 5.73 Å². The smallest absolute Gasteiger partial charge is 0.0216 e. The molecule has 1 heterocycles. The minimum Gasteiger partial charge on any atom is -0.326 e. The average molecular weight is 114 g/mol. The Hall–Kier alpha value is -0.0800. The maximum atomic E-state index is 5.73. The van der Waals surface area contributed by atoms with Crippen LogP contribution in [0.5, 0.6) is 0 Å². The highest BCUT2D eigenvalue weighted by atomic mass is 15.2. The number of nitrogens with zero attached hydrogens (tertiary/aromatic N) is 1. The fourth-order valence-corrected chi connectivity index (χ4v) is 1.12. The Bertz CT molecular complexity index is 72.6. The molecule has 8 heavy (non-hydrogen) atoms. The SMILES string of the molecule is CC1C(N)CCN1C. The topological polar surface area (TPSA) is 29.3 Å². The lowest BCUT2D eigenvalue weighted by atomic mass is 10.2. The highest BCUT2D eigenvalue weighted by molar-refractivity contribution is 4.83. The molecule has 2 atom stereocenters. The number of hydrogen-bond donors (Lipinski definition) is 1. The molecule has 1 saturated heterocycles. The normalized spacial score (nSPS) is 40.9. The van der Waals surface area contributed by atoms with Gasteiger partial charge in [0.15, 0.2) is 0 Å². The molecule has 2 N–H and O–H groups in total. The Morgan fingerprint density at radius 2 is 2.25 bits per heavy atom. The van der Waals surface area contributed by atoms with Crippen molar-refractivity contribution < 1.29 is 0 Å². The second kappa shape index (κ2) is 2.03. The van der Waals surface area contributed by atoms with Crippen molar-refractivity contribution in [3.63, 3.8) is 0 Å². The molecule has 1 aliphatic heterocycles. The molecule has 0 amide bonds. The summed E-state index contributed by atoms with van der Waals surface area (Å²) in [4.78, 5) is 2.30. The van der Waals surface area contributed by atoms with Gasteiger partial charge in [-0.15, -0.1) is 0 Å². The first-order chi connectivity index (χ1) is 3.72. The Morgan fingerprint density at radius 3 is 2.38 bits per heavy atom. The van der Waals surface area contributed by atoms with Crippen LogP contribution in [0.3, 0.4) is 0 Å². The van der Waals surface area contributed by atoms with Gasteiger partial charge in [0.05, 0.1) is 0 Å². The van der Waals surface area contributed by atoms with E-state index >= 15 is 0 Å². The van der Waals surface area contributed by atoms with Crippen molar-refractivity contribution in [2.75, 3.05) is 13.6 Å².